The van der Waals surface area contributed by atoms with Crippen molar-refractivity contribution >= 4 is 27.3 Å². The Morgan fingerprint density at radius 3 is 2.73 bits per heavy atom. The van der Waals surface area contributed by atoms with Gasteiger partial charge >= 0.3 is 0 Å². The topological polar surface area (TPSA) is 103 Å². The second kappa shape index (κ2) is 7.78. The van der Waals surface area contributed by atoms with Crippen LogP contribution in [0, 0.1) is 5.82 Å². The third-order valence-electron chi connectivity index (χ3n) is 4.84. The number of benzene rings is 2. The maximum atomic E-state index is 14.1. The average molecular weight is 448 g/mol. The number of nitrogens with two attached hydrogens (primary N) is 1. The molecule has 0 bridgehead atoms. The number of ether oxygens (including phenoxy) is 1. The molecule has 2 aromatic carbocycles. The Morgan fingerprint density at radius 2 is 2.03 bits per heavy atom. The molecule has 0 fully saturated rings. The number of hydrogen-bond donors (Lipinski definition) is 1. The summed E-state index contributed by atoms with van der Waals surface area (Å²) < 4.78 is 42.8. The van der Waals surface area contributed by atoms with E-state index in [0.29, 0.717) is 30.1 Å². The van der Waals surface area contributed by atoms with Gasteiger partial charge in [0.2, 0.25) is 10.0 Å². The Morgan fingerprint density at radius 1 is 1.27 bits per heavy atom. The molecule has 10 heteroatoms. The van der Waals surface area contributed by atoms with Crippen LogP contribution in [0.4, 0.5) is 4.39 Å². The van der Waals surface area contributed by atoms with Gasteiger partial charge in [0.1, 0.15) is 21.5 Å². The van der Waals surface area contributed by atoms with Crippen LogP contribution in [0.15, 0.2) is 47.4 Å². The molecular weight excluding hydrogens is 429 g/mol. The molecule has 0 unspecified atom stereocenters. The molecule has 1 aromatic heterocycles. The number of thiazole rings is 1. The van der Waals surface area contributed by atoms with Crippen LogP contribution in [0.3, 0.4) is 0 Å². The van der Waals surface area contributed by atoms with Gasteiger partial charge in [0.15, 0.2) is 0 Å². The van der Waals surface area contributed by atoms with Crippen molar-refractivity contribution in [3.63, 3.8) is 0 Å². The van der Waals surface area contributed by atoms with E-state index in [1.54, 1.807) is 23.1 Å². The number of rotatable bonds is 4. The highest BCUT2D eigenvalue weighted by Gasteiger charge is 2.27. The number of carbonyl (C=O) groups is 1. The predicted octanol–water partition coefficient (Wildman–Crippen LogP) is 2.80. The van der Waals surface area contributed by atoms with Crippen LogP contribution >= 0.6 is 11.3 Å². The van der Waals surface area contributed by atoms with Gasteiger partial charge in [-0.1, -0.05) is 12.1 Å². The SMILES string of the molecule is COc1ccc(C(=O)N2CCc3nc(-c4ccccc4F)sc3C2)cc1S(N)(=O)=O. The van der Waals surface area contributed by atoms with E-state index in [2.05, 4.69) is 4.98 Å². The van der Waals surface area contributed by atoms with Gasteiger partial charge in [0.05, 0.1) is 19.3 Å². The molecule has 7 nitrogen and oxygen atoms in total. The van der Waals surface area contributed by atoms with Crippen molar-refractivity contribution in [3.8, 4) is 16.3 Å². The zero-order chi connectivity index (χ0) is 21.5. The Balaban J connectivity index is 1.61. The van der Waals surface area contributed by atoms with Crippen LogP contribution in [0.1, 0.15) is 20.9 Å². The molecule has 3 aromatic rings. The van der Waals surface area contributed by atoms with E-state index in [9.17, 15) is 17.6 Å². The van der Waals surface area contributed by atoms with Crippen molar-refractivity contribution in [2.45, 2.75) is 17.9 Å². The highest BCUT2D eigenvalue weighted by molar-refractivity contribution is 7.89. The molecule has 2 heterocycles. The number of aromatic nitrogens is 1. The monoisotopic (exact) mass is 447 g/mol. The number of hydrogen-bond acceptors (Lipinski definition) is 6. The van der Waals surface area contributed by atoms with E-state index in [1.165, 1.54) is 42.7 Å². The number of fused-ring (bicyclic) bond motifs is 1. The van der Waals surface area contributed by atoms with Crippen molar-refractivity contribution < 1.29 is 22.3 Å². The van der Waals surface area contributed by atoms with E-state index >= 15 is 0 Å². The summed E-state index contributed by atoms with van der Waals surface area (Å²) in [6.45, 7) is 0.736. The third-order valence-corrected chi connectivity index (χ3v) is 6.89. The van der Waals surface area contributed by atoms with Crippen LogP contribution in [0.2, 0.25) is 0 Å². The summed E-state index contributed by atoms with van der Waals surface area (Å²) in [6.07, 6.45) is 0.532. The minimum Gasteiger partial charge on any atom is -0.495 e. The number of primary sulfonamides is 1. The summed E-state index contributed by atoms with van der Waals surface area (Å²) in [7, 11) is -2.72. The van der Waals surface area contributed by atoms with E-state index in [0.717, 1.165) is 10.6 Å². The summed E-state index contributed by atoms with van der Waals surface area (Å²) in [6, 6.07) is 10.6. The largest absolute Gasteiger partial charge is 0.495 e. The molecule has 1 amide bonds. The second-order valence-corrected chi connectivity index (χ2v) is 9.37. The number of carbonyl (C=O) groups excluding carboxylic acids is 1. The summed E-state index contributed by atoms with van der Waals surface area (Å²) in [5.41, 5.74) is 1.48. The normalized spacial score (nSPS) is 13.8. The maximum absolute atomic E-state index is 14.1. The summed E-state index contributed by atoms with van der Waals surface area (Å²) in [5, 5.41) is 5.82. The van der Waals surface area contributed by atoms with E-state index < -0.39 is 10.0 Å². The lowest BCUT2D eigenvalue weighted by Gasteiger charge is -2.26. The van der Waals surface area contributed by atoms with Gasteiger partial charge in [-0.25, -0.2) is 22.9 Å². The fourth-order valence-corrected chi connectivity index (χ4v) is 5.21. The van der Waals surface area contributed by atoms with Gasteiger partial charge in [-0.3, -0.25) is 4.79 Å². The Labute approximate surface area is 177 Å². The molecule has 4 rings (SSSR count). The highest BCUT2D eigenvalue weighted by atomic mass is 32.2. The van der Waals surface area contributed by atoms with Crippen molar-refractivity contribution in [2.24, 2.45) is 5.14 Å². The molecule has 0 atom stereocenters. The van der Waals surface area contributed by atoms with Crippen LogP contribution < -0.4 is 9.88 Å². The predicted molar refractivity (Wildman–Crippen MR) is 110 cm³/mol. The van der Waals surface area contributed by atoms with Crippen LogP contribution in [-0.4, -0.2) is 37.9 Å². The number of nitrogens with zero attached hydrogens (tertiary/aromatic N) is 2. The maximum Gasteiger partial charge on any atom is 0.254 e. The first-order valence-electron chi connectivity index (χ1n) is 9.01. The number of sulfonamides is 1. The van der Waals surface area contributed by atoms with Gasteiger partial charge in [-0.05, 0) is 30.3 Å². The fraction of sp³-hybridized carbons (Fsp3) is 0.200. The molecule has 2 N–H and O–H groups in total. The van der Waals surface area contributed by atoms with Crippen LogP contribution in [0.5, 0.6) is 5.75 Å². The minimum atomic E-state index is -4.05. The molecular formula is C20H18FN3O4S2. The summed E-state index contributed by atoms with van der Waals surface area (Å²) in [5.74, 6) is -0.591. The van der Waals surface area contributed by atoms with Gasteiger partial charge in [0.25, 0.3) is 5.91 Å². The smallest absolute Gasteiger partial charge is 0.254 e. The van der Waals surface area contributed by atoms with Crippen molar-refractivity contribution in [1.82, 2.24) is 9.88 Å². The molecule has 0 spiro atoms. The number of amides is 1. The molecule has 0 aliphatic carbocycles. The summed E-state index contributed by atoms with van der Waals surface area (Å²) >= 11 is 1.35. The van der Waals surface area contributed by atoms with Gasteiger partial charge in [-0.15, -0.1) is 11.3 Å². The Kier molecular flexibility index (Phi) is 5.31. The standard InChI is InChI=1S/C20H18FN3O4S2/c1-28-16-7-6-12(10-18(16)30(22,26)27)20(25)24-9-8-15-17(11-24)29-19(23-15)13-4-2-3-5-14(13)21/h2-7,10H,8-9,11H2,1H3,(H2,22,26,27). The van der Waals surface area contributed by atoms with E-state index in [4.69, 9.17) is 9.88 Å². The van der Waals surface area contributed by atoms with Crippen molar-refractivity contribution in [3.05, 3.63) is 64.4 Å². The minimum absolute atomic E-state index is 0.0759. The molecule has 0 saturated heterocycles. The quantitative estimate of drug-likeness (QED) is 0.663. The Bertz CT molecular complexity index is 1240. The number of halogens is 1. The lowest BCUT2D eigenvalue weighted by molar-refractivity contribution is 0.0736. The highest BCUT2D eigenvalue weighted by Crippen LogP contribution is 2.33. The average Bonchev–Trinajstić information content (AvgIpc) is 3.15. The molecule has 1 aliphatic heterocycles. The summed E-state index contributed by atoms with van der Waals surface area (Å²) in [4.78, 5) is 19.8. The molecule has 30 heavy (non-hydrogen) atoms. The fourth-order valence-electron chi connectivity index (χ4n) is 3.33. The second-order valence-electron chi connectivity index (χ2n) is 6.76. The van der Waals surface area contributed by atoms with Crippen LogP contribution in [0.25, 0.3) is 10.6 Å². The third kappa shape index (κ3) is 3.81. The van der Waals surface area contributed by atoms with Crippen molar-refractivity contribution in [1.29, 1.82) is 0 Å². The Hall–Kier alpha value is -2.82. The lowest BCUT2D eigenvalue weighted by Crippen LogP contribution is -2.35. The zero-order valence-electron chi connectivity index (χ0n) is 16.0. The van der Waals surface area contributed by atoms with Crippen LogP contribution in [-0.2, 0) is 23.0 Å². The van der Waals surface area contributed by atoms with E-state index in [-0.39, 0.29) is 27.9 Å². The molecule has 0 radical (unpaired) electrons. The van der Waals surface area contributed by atoms with Gasteiger partial charge in [0, 0.05) is 29.0 Å². The number of methoxy groups -OCH3 is 1. The first-order chi connectivity index (χ1) is 14.3. The first-order valence-corrected chi connectivity index (χ1v) is 11.4. The molecule has 1 aliphatic rings. The lowest BCUT2D eigenvalue weighted by atomic mass is 10.1. The van der Waals surface area contributed by atoms with Crippen molar-refractivity contribution in [2.75, 3.05) is 13.7 Å². The molecule has 156 valence electrons. The molecule has 0 saturated carbocycles. The first kappa shape index (κ1) is 20.5. The zero-order valence-corrected chi connectivity index (χ0v) is 17.6. The van der Waals surface area contributed by atoms with E-state index in [1.807, 2.05) is 0 Å². The van der Waals surface area contributed by atoms with Gasteiger partial charge < -0.3 is 9.64 Å². The van der Waals surface area contributed by atoms with Gasteiger partial charge in [-0.2, -0.15) is 0 Å².